The summed E-state index contributed by atoms with van der Waals surface area (Å²) in [5.74, 6) is 2.53. The number of rotatable bonds is 4. The molecule has 0 radical (unpaired) electrons. The molecule has 2 rings (SSSR count). The van der Waals surface area contributed by atoms with Crippen molar-refractivity contribution < 1.29 is 4.74 Å². The maximum Gasteiger partial charge on any atom is 0.119 e. The predicted octanol–water partition coefficient (Wildman–Crippen LogP) is 2.19. The third-order valence-corrected chi connectivity index (χ3v) is 2.91. The Hall–Kier alpha value is -1.51. The van der Waals surface area contributed by atoms with E-state index in [1.54, 1.807) is 7.11 Å². The average molecular weight is 218 g/mol. The van der Waals surface area contributed by atoms with Gasteiger partial charge in [-0.25, -0.2) is 0 Å². The van der Waals surface area contributed by atoms with Crippen LogP contribution in [0.5, 0.6) is 5.75 Å². The highest BCUT2D eigenvalue weighted by molar-refractivity contribution is 5.84. The van der Waals surface area contributed by atoms with Crippen LogP contribution in [0.4, 0.5) is 0 Å². The highest BCUT2D eigenvalue weighted by Crippen LogP contribution is 2.23. The number of benzene rings is 1. The zero-order chi connectivity index (χ0) is 11.4. The van der Waals surface area contributed by atoms with Gasteiger partial charge in [0.1, 0.15) is 5.75 Å². The summed E-state index contributed by atoms with van der Waals surface area (Å²) in [4.78, 5) is 4.42. The predicted molar refractivity (Wildman–Crippen MR) is 66.3 cm³/mol. The number of aliphatic imine (C=N–C) groups is 1. The number of amidine groups is 1. The Kier molecular flexibility index (Phi) is 3.44. The van der Waals surface area contributed by atoms with Crippen molar-refractivity contribution in [3.8, 4) is 5.75 Å². The molecule has 1 aliphatic heterocycles. The van der Waals surface area contributed by atoms with E-state index in [9.17, 15) is 0 Å². The maximum atomic E-state index is 5.23. The molecule has 0 amide bonds. The third-order valence-electron chi connectivity index (χ3n) is 2.91. The number of ether oxygens (including phenoxy) is 1. The van der Waals surface area contributed by atoms with Crippen molar-refractivity contribution in [3.63, 3.8) is 0 Å². The molecule has 1 aromatic rings. The summed E-state index contributed by atoms with van der Waals surface area (Å²) in [5.41, 5.74) is 1.30. The van der Waals surface area contributed by atoms with Crippen LogP contribution in [0.1, 0.15) is 24.8 Å². The van der Waals surface area contributed by atoms with Gasteiger partial charge in [0.05, 0.1) is 19.5 Å². The lowest BCUT2D eigenvalue weighted by Gasteiger charge is -2.13. The lowest BCUT2D eigenvalue weighted by molar-refractivity contribution is 0.414. The Labute approximate surface area is 96.5 Å². The monoisotopic (exact) mass is 218 g/mol. The van der Waals surface area contributed by atoms with Gasteiger partial charge in [-0.2, -0.15) is 0 Å². The van der Waals surface area contributed by atoms with Crippen LogP contribution in [0, 0.1) is 0 Å². The number of methoxy groups -OCH3 is 1. The first kappa shape index (κ1) is 11.0. The van der Waals surface area contributed by atoms with Crippen molar-refractivity contribution in [2.75, 3.05) is 20.2 Å². The lowest BCUT2D eigenvalue weighted by atomic mass is 9.97. The minimum atomic E-state index is 0.472. The van der Waals surface area contributed by atoms with E-state index in [1.165, 1.54) is 5.56 Å². The fraction of sp³-hybridized carbons (Fsp3) is 0.462. The second-order valence-corrected chi connectivity index (χ2v) is 4.14. The molecule has 1 heterocycles. The normalized spacial score (nSPS) is 16.5. The molecular weight excluding hydrogens is 200 g/mol. The van der Waals surface area contributed by atoms with Gasteiger partial charge in [0, 0.05) is 13.0 Å². The molecule has 0 fully saturated rings. The first-order valence-electron chi connectivity index (χ1n) is 5.70. The van der Waals surface area contributed by atoms with E-state index in [0.29, 0.717) is 5.92 Å². The summed E-state index contributed by atoms with van der Waals surface area (Å²) < 4.78 is 5.23. The molecular formula is C13H18N2O. The fourth-order valence-corrected chi connectivity index (χ4v) is 1.94. The van der Waals surface area contributed by atoms with Gasteiger partial charge < -0.3 is 10.1 Å². The summed E-state index contributed by atoms with van der Waals surface area (Å²) in [6, 6.07) is 8.25. The molecule has 0 aromatic heterocycles. The standard InChI is InChI=1S/C13H18N2O/c1-10(8-13-14-6-7-15-13)11-4-3-5-12(9-11)16-2/h3-5,9-10H,6-8H2,1-2H3,(H,14,15). The van der Waals surface area contributed by atoms with Gasteiger partial charge in [-0.1, -0.05) is 19.1 Å². The van der Waals surface area contributed by atoms with Crippen LogP contribution in [-0.2, 0) is 0 Å². The molecule has 0 bridgehead atoms. The Bertz CT molecular complexity index is 387. The van der Waals surface area contributed by atoms with E-state index in [2.05, 4.69) is 29.4 Å². The first-order valence-corrected chi connectivity index (χ1v) is 5.70. The highest BCUT2D eigenvalue weighted by Gasteiger charge is 2.12. The Balaban J connectivity index is 2.04. The maximum absolute atomic E-state index is 5.23. The number of nitrogens with zero attached hydrogens (tertiary/aromatic N) is 1. The largest absolute Gasteiger partial charge is 0.497 e. The zero-order valence-electron chi connectivity index (χ0n) is 9.86. The summed E-state index contributed by atoms with van der Waals surface area (Å²) in [7, 11) is 1.70. The zero-order valence-corrected chi connectivity index (χ0v) is 9.86. The summed E-state index contributed by atoms with van der Waals surface area (Å²) >= 11 is 0. The summed E-state index contributed by atoms with van der Waals surface area (Å²) in [5, 5.41) is 3.30. The van der Waals surface area contributed by atoms with Crippen molar-refractivity contribution in [1.29, 1.82) is 0 Å². The van der Waals surface area contributed by atoms with E-state index in [0.717, 1.165) is 31.1 Å². The molecule has 1 atom stereocenters. The van der Waals surface area contributed by atoms with Crippen LogP contribution in [0.3, 0.4) is 0 Å². The van der Waals surface area contributed by atoms with Crippen LogP contribution in [0.15, 0.2) is 29.3 Å². The van der Waals surface area contributed by atoms with Crippen LogP contribution < -0.4 is 10.1 Å². The Morgan fingerprint density at radius 2 is 2.38 bits per heavy atom. The van der Waals surface area contributed by atoms with E-state index in [-0.39, 0.29) is 0 Å². The quantitative estimate of drug-likeness (QED) is 0.840. The summed E-state index contributed by atoms with van der Waals surface area (Å²) in [6.07, 6.45) is 0.979. The molecule has 16 heavy (non-hydrogen) atoms. The van der Waals surface area contributed by atoms with Crippen LogP contribution in [0.25, 0.3) is 0 Å². The molecule has 3 nitrogen and oxygen atoms in total. The third kappa shape index (κ3) is 2.54. The van der Waals surface area contributed by atoms with Gasteiger partial charge in [-0.3, -0.25) is 4.99 Å². The summed E-state index contributed by atoms with van der Waals surface area (Å²) in [6.45, 7) is 4.12. The van der Waals surface area contributed by atoms with Gasteiger partial charge in [-0.15, -0.1) is 0 Å². The molecule has 1 aliphatic rings. The van der Waals surface area contributed by atoms with Gasteiger partial charge in [-0.05, 0) is 23.6 Å². The Morgan fingerprint density at radius 3 is 3.06 bits per heavy atom. The molecule has 1 aromatic carbocycles. The number of nitrogens with one attached hydrogen (secondary N) is 1. The second-order valence-electron chi connectivity index (χ2n) is 4.14. The molecule has 0 spiro atoms. The van der Waals surface area contributed by atoms with E-state index < -0.39 is 0 Å². The van der Waals surface area contributed by atoms with Gasteiger partial charge in [0.15, 0.2) is 0 Å². The highest BCUT2D eigenvalue weighted by atomic mass is 16.5. The Morgan fingerprint density at radius 1 is 1.50 bits per heavy atom. The van der Waals surface area contributed by atoms with Crippen molar-refractivity contribution in [2.45, 2.75) is 19.3 Å². The van der Waals surface area contributed by atoms with Crippen LogP contribution in [-0.4, -0.2) is 26.0 Å². The molecule has 0 saturated carbocycles. The molecule has 3 heteroatoms. The minimum absolute atomic E-state index is 0.472. The van der Waals surface area contributed by atoms with Crippen molar-refractivity contribution in [3.05, 3.63) is 29.8 Å². The van der Waals surface area contributed by atoms with Crippen molar-refractivity contribution in [1.82, 2.24) is 5.32 Å². The second kappa shape index (κ2) is 5.01. The number of hydrogen-bond acceptors (Lipinski definition) is 3. The molecule has 1 unspecified atom stereocenters. The van der Waals surface area contributed by atoms with Gasteiger partial charge in [0.25, 0.3) is 0 Å². The van der Waals surface area contributed by atoms with Gasteiger partial charge in [0.2, 0.25) is 0 Å². The SMILES string of the molecule is COc1cccc(C(C)CC2=NCCN2)c1. The smallest absolute Gasteiger partial charge is 0.119 e. The van der Waals surface area contributed by atoms with Crippen LogP contribution >= 0.6 is 0 Å². The molecule has 1 N–H and O–H groups in total. The topological polar surface area (TPSA) is 33.6 Å². The molecule has 0 aliphatic carbocycles. The van der Waals surface area contributed by atoms with Crippen molar-refractivity contribution >= 4 is 5.84 Å². The number of hydrogen-bond donors (Lipinski definition) is 1. The van der Waals surface area contributed by atoms with E-state index in [1.807, 2.05) is 12.1 Å². The minimum Gasteiger partial charge on any atom is -0.497 e. The van der Waals surface area contributed by atoms with Crippen LogP contribution in [0.2, 0.25) is 0 Å². The average Bonchev–Trinajstić information content (AvgIpc) is 2.82. The van der Waals surface area contributed by atoms with E-state index in [4.69, 9.17) is 4.74 Å². The fourth-order valence-electron chi connectivity index (χ4n) is 1.94. The lowest BCUT2D eigenvalue weighted by Crippen LogP contribution is -2.20. The van der Waals surface area contributed by atoms with Gasteiger partial charge >= 0.3 is 0 Å². The van der Waals surface area contributed by atoms with E-state index >= 15 is 0 Å². The first-order chi connectivity index (χ1) is 7.79. The van der Waals surface area contributed by atoms with Crippen molar-refractivity contribution in [2.24, 2.45) is 4.99 Å². The molecule has 86 valence electrons. The molecule has 0 saturated heterocycles.